The van der Waals surface area contributed by atoms with E-state index in [0.717, 1.165) is 11.1 Å². The highest BCUT2D eigenvalue weighted by molar-refractivity contribution is 6.00. The number of halogens is 1. The molecule has 0 saturated carbocycles. The van der Waals surface area contributed by atoms with E-state index < -0.39 is 5.91 Å². The van der Waals surface area contributed by atoms with Crippen LogP contribution in [0.4, 0.5) is 10.4 Å². The van der Waals surface area contributed by atoms with Gasteiger partial charge in [0.2, 0.25) is 12.7 Å². The Balaban J connectivity index is 1.35. The lowest BCUT2D eigenvalue weighted by Crippen LogP contribution is -2.07. The predicted molar refractivity (Wildman–Crippen MR) is 93.7 cm³/mol. The molecule has 136 valence electrons. The first-order chi connectivity index (χ1) is 13.2. The summed E-state index contributed by atoms with van der Waals surface area (Å²) in [6.45, 7) is 0.195. The van der Waals surface area contributed by atoms with Crippen molar-refractivity contribution < 1.29 is 23.1 Å². The molecule has 0 aliphatic carbocycles. The maximum atomic E-state index is 12.9. The first-order valence-corrected chi connectivity index (χ1v) is 8.11. The van der Waals surface area contributed by atoms with Gasteiger partial charge in [-0.25, -0.2) is 4.39 Å². The number of aromatic nitrogens is 2. The Bertz CT molecular complexity index is 998. The number of fused-ring (bicyclic) bond motifs is 1. The van der Waals surface area contributed by atoms with Crippen LogP contribution in [0.25, 0.3) is 6.08 Å². The Hall–Kier alpha value is -3.68. The number of hydrogen-bond acceptors (Lipinski definition) is 6. The minimum Gasteiger partial charge on any atom is -0.454 e. The Morgan fingerprint density at radius 3 is 2.78 bits per heavy atom. The summed E-state index contributed by atoms with van der Waals surface area (Å²) in [4.78, 5) is 12.0. The molecule has 27 heavy (non-hydrogen) atoms. The number of nitrogens with zero attached hydrogens (tertiary/aromatic N) is 2. The van der Waals surface area contributed by atoms with Gasteiger partial charge in [0.15, 0.2) is 11.5 Å². The van der Waals surface area contributed by atoms with Gasteiger partial charge in [-0.15, -0.1) is 5.10 Å². The lowest BCUT2D eigenvalue weighted by Gasteiger charge is -1.98. The molecule has 2 heterocycles. The molecule has 8 heteroatoms. The van der Waals surface area contributed by atoms with Crippen molar-refractivity contribution in [1.82, 2.24) is 10.2 Å². The molecule has 2 aromatic carbocycles. The van der Waals surface area contributed by atoms with E-state index in [-0.39, 0.29) is 18.6 Å². The van der Waals surface area contributed by atoms with Crippen molar-refractivity contribution in [3.63, 3.8) is 0 Å². The van der Waals surface area contributed by atoms with E-state index in [1.807, 2.05) is 6.07 Å². The van der Waals surface area contributed by atoms with Crippen LogP contribution >= 0.6 is 0 Å². The minimum absolute atomic E-state index is 0.00699. The summed E-state index contributed by atoms with van der Waals surface area (Å²) in [5.41, 5.74) is 1.61. The molecule has 1 aliphatic heterocycles. The average Bonchev–Trinajstić information content (AvgIpc) is 3.30. The normalized spacial score (nSPS) is 12.5. The van der Waals surface area contributed by atoms with Gasteiger partial charge in [-0.05, 0) is 41.5 Å². The molecule has 7 nitrogen and oxygen atoms in total. The summed E-state index contributed by atoms with van der Waals surface area (Å²) in [5.74, 6) is 0.906. The molecule has 0 spiro atoms. The van der Waals surface area contributed by atoms with Crippen LogP contribution in [0.15, 0.2) is 53.0 Å². The topological polar surface area (TPSA) is 86.5 Å². The predicted octanol–water partition coefficient (Wildman–Crippen LogP) is 3.18. The van der Waals surface area contributed by atoms with Gasteiger partial charge in [0.1, 0.15) is 5.82 Å². The first-order valence-electron chi connectivity index (χ1n) is 8.11. The van der Waals surface area contributed by atoms with Crippen LogP contribution in [0.1, 0.15) is 17.0 Å². The molecule has 3 aromatic rings. The van der Waals surface area contributed by atoms with E-state index in [0.29, 0.717) is 23.8 Å². The molecule has 4 rings (SSSR count). The van der Waals surface area contributed by atoms with E-state index in [4.69, 9.17) is 13.9 Å². The van der Waals surface area contributed by atoms with Gasteiger partial charge in [0.05, 0.1) is 6.42 Å². The SMILES string of the molecule is O=C(/C=C/c1ccc2c(c1)OCO2)Nc1nnc(Cc2ccc(F)cc2)o1. The highest BCUT2D eigenvalue weighted by Crippen LogP contribution is 2.32. The van der Waals surface area contributed by atoms with E-state index in [1.54, 1.807) is 30.3 Å². The van der Waals surface area contributed by atoms with Crippen molar-refractivity contribution in [2.24, 2.45) is 0 Å². The zero-order chi connectivity index (χ0) is 18.6. The summed E-state index contributed by atoms with van der Waals surface area (Å²) in [7, 11) is 0. The van der Waals surface area contributed by atoms with Crippen LogP contribution < -0.4 is 14.8 Å². The molecule has 0 fully saturated rings. The lowest BCUT2D eigenvalue weighted by molar-refractivity contribution is -0.112. The second-order valence-corrected chi connectivity index (χ2v) is 5.74. The molecule has 0 unspecified atom stereocenters. The first kappa shape index (κ1) is 16.8. The van der Waals surface area contributed by atoms with Crippen molar-refractivity contribution in [1.29, 1.82) is 0 Å². The van der Waals surface area contributed by atoms with Crippen LogP contribution in [-0.2, 0) is 11.2 Å². The third kappa shape index (κ3) is 4.12. The van der Waals surface area contributed by atoms with E-state index in [1.165, 1.54) is 18.2 Å². The zero-order valence-electron chi connectivity index (χ0n) is 14.0. The van der Waals surface area contributed by atoms with Crippen LogP contribution in [-0.4, -0.2) is 22.9 Å². The van der Waals surface area contributed by atoms with Gasteiger partial charge in [0, 0.05) is 6.08 Å². The van der Waals surface area contributed by atoms with Crippen molar-refractivity contribution in [2.45, 2.75) is 6.42 Å². The monoisotopic (exact) mass is 367 g/mol. The fourth-order valence-electron chi connectivity index (χ4n) is 2.49. The quantitative estimate of drug-likeness (QED) is 0.697. The summed E-state index contributed by atoms with van der Waals surface area (Å²) in [5, 5.41) is 10.1. The Morgan fingerprint density at radius 2 is 1.93 bits per heavy atom. The number of carbonyl (C=O) groups excluding carboxylic acids is 1. The molecule has 0 saturated heterocycles. The number of carbonyl (C=O) groups is 1. The minimum atomic E-state index is -0.412. The standard InChI is InChI=1S/C19H14FN3O4/c20-14-5-1-13(2-6-14)10-18-22-23-19(27-18)21-17(24)8-4-12-3-7-15-16(9-12)26-11-25-15/h1-9H,10-11H2,(H,21,23,24)/b8-4+. The molecule has 0 bridgehead atoms. The highest BCUT2D eigenvalue weighted by atomic mass is 19.1. The Labute approximate surface area is 153 Å². The third-order valence-electron chi connectivity index (χ3n) is 3.79. The molecule has 1 N–H and O–H groups in total. The number of hydrogen-bond donors (Lipinski definition) is 1. The summed E-state index contributed by atoms with van der Waals surface area (Å²) < 4.78 is 28.8. The van der Waals surface area contributed by atoms with Gasteiger partial charge in [-0.3, -0.25) is 10.1 Å². The van der Waals surface area contributed by atoms with Gasteiger partial charge < -0.3 is 13.9 Å². The molecular formula is C19H14FN3O4. The molecule has 0 radical (unpaired) electrons. The summed E-state index contributed by atoms with van der Waals surface area (Å²) in [6, 6.07) is 11.3. The smallest absolute Gasteiger partial charge is 0.322 e. The largest absolute Gasteiger partial charge is 0.454 e. The Morgan fingerprint density at radius 1 is 1.11 bits per heavy atom. The maximum absolute atomic E-state index is 12.9. The molecule has 1 amide bonds. The fraction of sp³-hybridized carbons (Fsp3) is 0.105. The highest BCUT2D eigenvalue weighted by Gasteiger charge is 2.13. The van der Waals surface area contributed by atoms with Crippen molar-refractivity contribution in [3.05, 3.63) is 71.4 Å². The van der Waals surface area contributed by atoms with Gasteiger partial charge in [-0.1, -0.05) is 23.3 Å². The van der Waals surface area contributed by atoms with Crippen molar-refractivity contribution >= 4 is 18.0 Å². The van der Waals surface area contributed by atoms with Gasteiger partial charge >= 0.3 is 6.01 Å². The van der Waals surface area contributed by atoms with Gasteiger partial charge in [0.25, 0.3) is 5.91 Å². The van der Waals surface area contributed by atoms with E-state index >= 15 is 0 Å². The molecule has 0 atom stereocenters. The molecular weight excluding hydrogens is 353 g/mol. The molecule has 1 aliphatic rings. The summed E-state index contributed by atoms with van der Waals surface area (Å²) in [6.07, 6.45) is 3.32. The van der Waals surface area contributed by atoms with Crippen LogP contribution in [0.5, 0.6) is 11.5 Å². The number of benzene rings is 2. The number of amides is 1. The Kier molecular flexibility index (Phi) is 4.52. The summed E-state index contributed by atoms with van der Waals surface area (Å²) >= 11 is 0. The van der Waals surface area contributed by atoms with Crippen LogP contribution in [0, 0.1) is 5.82 Å². The third-order valence-corrected chi connectivity index (χ3v) is 3.79. The zero-order valence-corrected chi connectivity index (χ0v) is 14.0. The number of rotatable bonds is 5. The van der Waals surface area contributed by atoms with Crippen molar-refractivity contribution in [3.8, 4) is 11.5 Å². The second-order valence-electron chi connectivity index (χ2n) is 5.74. The van der Waals surface area contributed by atoms with Crippen molar-refractivity contribution in [2.75, 3.05) is 12.1 Å². The molecule has 1 aromatic heterocycles. The lowest BCUT2D eigenvalue weighted by atomic mass is 10.1. The fourth-order valence-corrected chi connectivity index (χ4v) is 2.49. The van der Waals surface area contributed by atoms with Gasteiger partial charge in [-0.2, -0.15) is 0 Å². The number of anilines is 1. The maximum Gasteiger partial charge on any atom is 0.322 e. The van der Waals surface area contributed by atoms with Crippen LogP contribution in [0.2, 0.25) is 0 Å². The number of ether oxygens (including phenoxy) is 2. The second kappa shape index (κ2) is 7.28. The average molecular weight is 367 g/mol. The van der Waals surface area contributed by atoms with E-state index in [2.05, 4.69) is 15.5 Å². The number of nitrogens with one attached hydrogen (secondary N) is 1. The van der Waals surface area contributed by atoms with E-state index in [9.17, 15) is 9.18 Å². The van der Waals surface area contributed by atoms with Crippen LogP contribution in [0.3, 0.4) is 0 Å².